The highest BCUT2D eigenvalue weighted by Gasteiger charge is 2.33. The maximum atomic E-state index is 6.12. The van der Waals surface area contributed by atoms with E-state index in [0.717, 1.165) is 56.5 Å². The first-order valence-electron chi connectivity index (χ1n) is 10.5. The molecule has 26 heavy (non-hydrogen) atoms. The summed E-state index contributed by atoms with van der Waals surface area (Å²) in [6.07, 6.45) is 5.29. The van der Waals surface area contributed by atoms with Crippen LogP contribution in [0.5, 0.6) is 5.75 Å². The number of rotatable bonds is 4. The highest BCUT2D eigenvalue weighted by Crippen LogP contribution is 2.31. The normalized spacial score (nSPS) is 29.8. The van der Waals surface area contributed by atoms with Gasteiger partial charge in [-0.25, -0.2) is 0 Å². The summed E-state index contributed by atoms with van der Waals surface area (Å²) in [4.78, 5) is 5.07. The molecule has 3 aliphatic heterocycles. The number of benzene rings is 1. The molecule has 0 amide bonds. The van der Waals surface area contributed by atoms with E-state index in [-0.39, 0.29) is 5.54 Å². The fourth-order valence-electron chi connectivity index (χ4n) is 4.91. The van der Waals surface area contributed by atoms with Crippen molar-refractivity contribution >= 4 is 5.69 Å². The van der Waals surface area contributed by atoms with Gasteiger partial charge in [0.15, 0.2) is 0 Å². The van der Waals surface area contributed by atoms with Gasteiger partial charge in [-0.1, -0.05) is 0 Å². The van der Waals surface area contributed by atoms with E-state index in [1.165, 1.54) is 31.4 Å². The number of fused-ring (bicyclic) bond motifs is 2. The molecule has 3 fully saturated rings. The summed E-state index contributed by atoms with van der Waals surface area (Å²) in [6, 6.07) is 10.3. The zero-order chi connectivity index (χ0) is 18.1. The van der Waals surface area contributed by atoms with Gasteiger partial charge in [-0.15, -0.1) is 0 Å². The van der Waals surface area contributed by atoms with Gasteiger partial charge >= 0.3 is 0 Å². The van der Waals surface area contributed by atoms with Crippen molar-refractivity contribution in [2.75, 3.05) is 37.7 Å². The molecule has 3 atom stereocenters. The molecule has 3 aliphatic rings. The number of anilines is 1. The molecule has 3 saturated heterocycles. The standard InChI is InChI=1S/C22H35N3O/c1-22(2,3)25-12-10-24(11-13-25)20-6-8-21(9-7-20)26-16-17-14-18-4-5-19(15-17)23-18/h6-9,17-19,23H,4-5,10-16H2,1-3H3/t17?,18-,19+. The Bertz CT molecular complexity index is 574. The first kappa shape index (κ1) is 18.1. The third kappa shape index (κ3) is 4.17. The van der Waals surface area contributed by atoms with Gasteiger partial charge in [0.25, 0.3) is 0 Å². The average Bonchev–Trinajstić information content (AvgIpc) is 2.98. The summed E-state index contributed by atoms with van der Waals surface area (Å²) >= 11 is 0. The molecular formula is C22H35N3O. The summed E-state index contributed by atoms with van der Waals surface area (Å²) in [5, 5.41) is 3.71. The van der Waals surface area contributed by atoms with E-state index in [4.69, 9.17) is 4.74 Å². The van der Waals surface area contributed by atoms with Crippen LogP contribution in [-0.4, -0.2) is 55.3 Å². The predicted octanol–water partition coefficient (Wildman–Crippen LogP) is 3.52. The molecular weight excluding hydrogens is 322 g/mol. The fraction of sp³-hybridized carbons (Fsp3) is 0.727. The number of piperidine rings is 1. The molecule has 1 unspecified atom stereocenters. The number of piperazine rings is 1. The van der Waals surface area contributed by atoms with Crippen LogP contribution in [0.1, 0.15) is 46.5 Å². The quantitative estimate of drug-likeness (QED) is 0.892. The molecule has 4 heteroatoms. The third-order valence-electron chi connectivity index (χ3n) is 6.49. The summed E-state index contributed by atoms with van der Waals surface area (Å²) < 4.78 is 6.12. The lowest BCUT2D eigenvalue weighted by molar-refractivity contribution is 0.128. The van der Waals surface area contributed by atoms with Crippen LogP contribution < -0.4 is 15.0 Å². The molecule has 0 radical (unpaired) electrons. The topological polar surface area (TPSA) is 27.7 Å². The van der Waals surface area contributed by atoms with E-state index < -0.39 is 0 Å². The van der Waals surface area contributed by atoms with Crippen molar-refractivity contribution < 1.29 is 4.74 Å². The number of ether oxygens (including phenoxy) is 1. The van der Waals surface area contributed by atoms with Crippen LogP contribution in [0.25, 0.3) is 0 Å². The van der Waals surface area contributed by atoms with E-state index in [2.05, 4.69) is 60.2 Å². The lowest BCUT2D eigenvalue weighted by Crippen LogP contribution is -2.53. The minimum atomic E-state index is 0.276. The van der Waals surface area contributed by atoms with Gasteiger partial charge in [0.2, 0.25) is 0 Å². The molecule has 1 aromatic rings. The second-order valence-corrected chi connectivity index (χ2v) is 9.43. The smallest absolute Gasteiger partial charge is 0.119 e. The van der Waals surface area contributed by atoms with Crippen molar-refractivity contribution in [1.82, 2.24) is 10.2 Å². The Morgan fingerprint density at radius 2 is 1.58 bits per heavy atom. The van der Waals surface area contributed by atoms with Crippen molar-refractivity contribution in [2.45, 2.75) is 64.1 Å². The lowest BCUT2D eigenvalue weighted by Gasteiger charge is -2.43. The Balaban J connectivity index is 1.26. The van der Waals surface area contributed by atoms with Crippen molar-refractivity contribution in [3.8, 4) is 5.75 Å². The third-order valence-corrected chi connectivity index (χ3v) is 6.49. The number of hydrogen-bond acceptors (Lipinski definition) is 4. The lowest BCUT2D eigenvalue weighted by atomic mass is 9.93. The zero-order valence-corrected chi connectivity index (χ0v) is 16.7. The van der Waals surface area contributed by atoms with Crippen LogP contribution in [-0.2, 0) is 0 Å². The van der Waals surface area contributed by atoms with Crippen molar-refractivity contribution in [1.29, 1.82) is 0 Å². The summed E-state index contributed by atoms with van der Waals surface area (Å²) in [5.74, 6) is 1.74. The van der Waals surface area contributed by atoms with Gasteiger partial charge < -0.3 is 15.0 Å². The van der Waals surface area contributed by atoms with E-state index in [1.807, 2.05) is 0 Å². The molecule has 1 aromatic carbocycles. The molecule has 3 heterocycles. The van der Waals surface area contributed by atoms with E-state index >= 15 is 0 Å². The van der Waals surface area contributed by atoms with Crippen LogP contribution in [0.2, 0.25) is 0 Å². The Morgan fingerprint density at radius 3 is 2.15 bits per heavy atom. The fourth-order valence-corrected chi connectivity index (χ4v) is 4.91. The summed E-state index contributed by atoms with van der Waals surface area (Å²) in [7, 11) is 0. The van der Waals surface area contributed by atoms with Crippen molar-refractivity contribution in [3.05, 3.63) is 24.3 Å². The Kier molecular flexibility index (Phi) is 5.15. The van der Waals surface area contributed by atoms with Gasteiger partial charge in [0.05, 0.1) is 6.61 Å². The Labute approximate surface area is 158 Å². The van der Waals surface area contributed by atoms with Crippen LogP contribution >= 0.6 is 0 Å². The van der Waals surface area contributed by atoms with Gasteiger partial charge in [0.1, 0.15) is 5.75 Å². The predicted molar refractivity (Wildman–Crippen MR) is 108 cm³/mol. The summed E-state index contributed by atoms with van der Waals surface area (Å²) in [6.45, 7) is 12.3. The number of nitrogens with one attached hydrogen (secondary N) is 1. The molecule has 4 rings (SSSR count). The van der Waals surface area contributed by atoms with Crippen LogP contribution in [0.4, 0.5) is 5.69 Å². The molecule has 1 N–H and O–H groups in total. The van der Waals surface area contributed by atoms with E-state index in [0.29, 0.717) is 0 Å². The molecule has 144 valence electrons. The SMILES string of the molecule is CC(C)(C)N1CCN(c2ccc(OCC3C[C@H]4CC[C@@H](C3)N4)cc2)CC1. The summed E-state index contributed by atoms with van der Waals surface area (Å²) in [5.41, 5.74) is 1.60. The molecule has 0 spiro atoms. The van der Waals surface area contributed by atoms with Gasteiger partial charge in [-0.3, -0.25) is 4.90 Å². The second kappa shape index (κ2) is 7.40. The second-order valence-electron chi connectivity index (χ2n) is 9.43. The highest BCUT2D eigenvalue weighted by molar-refractivity contribution is 5.49. The number of nitrogens with zero attached hydrogens (tertiary/aromatic N) is 2. The zero-order valence-electron chi connectivity index (χ0n) is 16.7. The van der Waals surface area contributed by atoms with Crippen LogP contribution in [0.3, 0.4) is 0 Å². The molecule has 4 nitrogen and oxygen atoms in total. The number of hydrogen-bond donors (Lipinski definition) is 1. The minimum Gasteiger partial charge on any atom is -0.493 e. The van der Waals surface area contributed by atoms with Gasteiger partial charge in [-0.2, -0.15) is 0 Å². The van der Waals surface area contributed by atoms with Crippen LogP contribution in [0, 0.1) is 5.92 Å². The maximum absolute atomic E-state index is 6.12. The highest BCUT2D eigenvalue weighted by atomic mass is 16.5. The first-order valence-corrected chi connectivity index (χ1v) is 10.5. The van der Waals surface area contributed by atoms with Gasteiger partial charge in [-0.05, 0) is 76.6 Å². The molecule has 0 aliphatic carbocycles. The monoisotopic (exact) mass is 357 g/mol. The van der Waals surface area contributed by atoms with E-state index in [9.17, 15) is 0 Å². The Morgan fingerprint density at radius 1 is 0.962 bits per heavy atom. The molecule has 0 aromatic heterocycles. The van der Waals surface area contributed by atoms with Crippen molar-refractivity contribution in [3.63, 3.8) is 0 Å². The maximum Gasteiger partial charge on any atom is 0.119 e. The molecule has 2 bridgehead atoms. The Hall–Kier alpha value is -1.26. The van der Waals surface area contributed by atoms with E-state index in [1.54, 1.807) is 0 Å². The largest absolute Gasteiger partial charge is 0.493 e. The van der Waals surface area contributed by atoms with Crippen LogP contribution in [0.15, 0.2) is 24.3 Å². The first-order chi connectivity index (χ1) is 12.5. The van der Waals surface area contributed by atoms with Crippen molar-refractivity contribution in [2.24, 2.45) is 5.92 Å². The molecule has 0 saturated carbocycles. The minimum absolute atomic E-state index is 0.276. The van der Waals surface area contributed by atoms with Gasteiger partial charge in [0, 0.05) is 49.5 Å². The average molecular weight is 358 g/mol.